The summed E-state index contributed by atoms with van der Waals surface area (Å²) in [5.41, 5.74) is 1.19. The number of halogens is 1. The number of carboxylic acids is 1. The summed E-state index contributed by atoms with van der Waals surface area (Å²) in [5.74, 6) is 0.204. The van der Waals surface area contributed by atoms with Crippen LogP contribution in [0.5, 0.6) is 0 Å². The fourth-order valence-corrected chi connectivity index (χ4v) is 4.49. The molecule has 2 aliphatic rings. The van der Waals surface area contributed by atoms with Crippen molar-refractivity contribution >= 4 is 17.6 Å². The summed E-state index contributed by atoms with van der Waals surface area (Å²) in [6, 6.07) is 8.07. The van der Waals surface area contributed by atoms with Crippen LogP contribution < -0.4 is 0 Å². The number of likely N-dealkylation sites (tertiary alicyclic amines) is 1. The van der Waals surface area contributed by atoms with E-state index in [9.17, 15) is 9.90 Å². The molecule has 22 heavy (non-hydrogen) atoms. The Morgan fingerprint density at radius 1 is 1.41 bits per heavy atom. The predicted octanol–water partition coefficient (Wildman–Crippen LogP) is 4.16. The van der Waals surface area contributed by atoms with Crippen molar-refractivity contribution in [2.45, 2.75) is 57.0 Å². The number of aliphatic carboxylic acids is 1. The first-order valence-corrected chi connectivity index (χ1v) is 8.68. The molecular weight excluding hydrogens is 298 g/mol. The second-order valence-electron chi connectivity index (χ2n) is 6.85. The minimum atomic E-state index is -0.660. The van der Waals surface area contributed by atoms with E-state index in [1.165, 1.54) is 24.8 Å². The second kappa shape index (κ2) is 6.59. The number of benzene rings is 1. The van der Waals surface area contributed by atoms with E-state index >= 15 is 0 Å². The van der Waals surface area contributed by atoms with Crippen molar-refractivity contribution in [1.82, 2.24) is 4.90 Å². The van der Waals surface area contributed by atoms with E-state index < -0.39 is 5.97 Å². The molecule has 0 bridgehead atoms. The predicted molar refractivity (Wildman–Crippen MR) is 88.4 cm³/mol. The monoisotopic (exact) mass is 321 g/mol. The fourth-order valence-electron chi connectivity index (χ4n) is 4.29. The summed E-state index contributed by atoms with van der Waals surface area (Å²) in [4.78, 5) is 13.9. The highest BCUT2D eigenvalue weighted by Crippen LogP contribution is 2.40. The van der Waals surface area contributed by atoms with E-state index in [2.05, 4.69) is 17.9 Å². The zero-order valence-electron chi connectivity index (χ0n) is 13.0. The lowest BCUT2D eigenvalue weighted by molar-refractivity contribution is -0.142. The minimum Gasteiger partial charge on any atom is -0.480 e. The third kappa shape index (κ3) is 3.16. The molecule has 1 saturated carbocycles. The molecule has 1 aliphatic carbocycles. The Bertz CT molecular complexity index is 548. The Balaban J connectivity index is 1.77. The molecule has 1 saturated heterocycles. The van der Waals surface area contributed by atoms with Crippen molar-refractivity contribution < 1.29 is 9.90 Å². The van der Waals surface area contributed by atoms with E-state index in [0.717, 1.165) is 24.4 Å². The Labute approximate surface area is 137 Å². The molecule has 1 heterocycles. The highest BCUT2D eigenvalue weighted by atomic mass is 35.5. The van der Waals surface area contributed by atoms with Gasteiger partial charge in [-0.05, 0) is 48.8 Å². The molecule has 1 aromatic rings. The maximum absolute atomic E-state index is 11.7. The first kappa shape index (κ1) is 15.8. The van der Waals surface area contributed by atoms with E-state index in [1.807, 2.05) is 18.2 Å². The van der Waals surface area contributed by atoms with Crippen LogP contribution in [0.3, 0.4) is 0 Å². The normalized spacial score (nSPS) is 30.0. The average molecular weight is 322 g/mol. The van der Waals surface area contributed by atoms with Crippen LogP contribution in [0, 0.1) is 5.92 Å². The van der Waals surface area contributed by atoms with E-state index in [0.29, 0.717) is 17.9 Å². The Morgan fingerprint density at radius 2 is 2.18 bits per heavy atom. The lowest BCUT2D eigenvalue weighted by atomic mass is 9.84. The van der Waals surface area contributed by atoms with E-state index in [4.69, 9.17) is 11.6 Å². The molecule has 1 aromatic carbocycles. The molecule has 3 rings (SSSR count). The van der Waals surface area contributed by atoms with Gasteiger partial charge >= 0.3 is 5.97 Å². The molecule has 2 fully saturated rings. The number of carbonyl (C=O) groups is 1. The lowest BCUT2D eigenvalue weighted by Gasteiger charge is -2.34. The van der Waals surface area contributed by atoms with Gasteiger partial charge in [-0.1, -0.05) is 43.5 Å². The van der Waals surface area contributed by atoms with Crippen LogP contribution in [0.15, 0.2) is 24.3 Å². The molecule has 4 unspecified atom stereocenters. The van der Waals surface area contributed by atoms with Gasteiger partial charge in [-0.3, -0.25) is 9.69 Å². The highest BCUT2D eigenvalue weighted by Gasteiger charge is 2.45. The van der Waals surface area contributed by atoms with Crippen LogP contribution in [-0.2, 0) is 4.79 Å². The number of nitrogens with zero attached hydrogens (tertiary/aromatic N) is 1. The molecule has 4 atom stereocenters. The zero-order valence-corrected chi connectivity index (χ0v) is 13.8. The molecule has 0 aromatic heterocycles. The van der Waals surface area contributed by atoms with Crippen molar-refractivity contribution in [3.63, 3.8) is 0 Å². The minimum absolute atomic E-state index is 0.293. The van der Waals surface area contributed by atoms with E-state index in [-0.39, 0.29) is 6.04 Å². The molecule has 1 N–H and O–H groups in total. The van der Waals surface area contributed by atoms with Gasteiger partial charge in [0, 0.05) is 17.6 Å². The number of hydrogen-bond acceptors (Lipinski definition) is 2. The second-order valence-corrected chi connectivity index (χ2v) is 7.29. The summed E-state index contributed by atoms with van der Waals surface area (Å²) < 4.78 is 0. The van der Waals surface area contributed by atoms with Crippen LogP contribution in [-0.4, -0.2) is 34.6 Å². The first-order valence-electron chi connectivity index (χ1n) is 8.30. The van der Waals surface area contributed by atoms with Crippen molar-refractivity contribution in [3.05, 3.63) is 34.9 Å². The van der Waals surface area contributed by atoms with Crippen LogP contribution in [0.1, 0.15) is 50.5 Å². The maximum atomic E-state index is 11.7. The zero-order chi connectivity index (χ0) is 15.7. The Kier molecular flexibility index (Phi) is 4.74. The van der Waals surface area contributed by atoms with Gasteiger partial charge in [0.2, 0.25) is 0 Å². The van der Waals surface area contributed by atoms with Gasteiger partial charge in [-0.2, -0.15) is 0 Å². The Hall–Kier alpha value is -1.06. The number of hydrogen-bond donors (Lipinski definition) is 1. The molecule has 3 nitrogen and oxygen atoms in total. The number of carboxylic acid groups (broad SMARTS) is 1. The lowest BCUT2D eigenvalue weighted by Crippen LogP contribution is -2.44. The standard InChI is InChI=1S/C18H24ClNO2/c1-12(13-6-4-7-15(19)9-13)11-20-16-8-3-2-5-14(16)10-17(20)18(21)22/h4,6-7,9,12,14,16-17H,2-3,5,8,10-11H2,1H3,(H,21,22). The van der Waals surface area contributed by atoms with E-state index in [1.54, 1.807) is 0 Å². The van der Waals surface area contributed by atoms with Crippen molar-refractivity contribution in [1.29, 1.82) is 0 Å². The van der Waals surface area contributed by atoms with Crippen LogP contribution in [0.4, 0.5) is 0 Å². The van der Waals surface area contributed by atoms with Crippen molar-refractivity contribution in [2.75, 3.05) is 6.54 Å². The topological polar surface area (TPSA) is 40.5 Å². The fraction of sp³-hybridized carbons (Fsp3) is 0.611. The number of rotatable bonds is 4. The molecular formula is C18H24ClNO2. The molecule has 0 amide bonds. The summed E-state index contributed by atoms with van der Waals surface area (Å²) >= 11 is 6.09. The van der Waals surface area contributed by atoms with Gasteiger partial charge in [-0.25, -0.2) is 0 Å². The first-order chi connectivity index (χ1) is 10.6. The van der Waals surface area contributed by atoms with Crippen LogP contribution in [0.25, 0.3) is 0 Å². The molecule has 120 valence electrons. The number of fused-ring (bicyclic) bond motifs is 1. The largest absolute Gasteiger partial charge is 0.480 e. The van der Waals surface area contributed by atoms with Gasteiger partial charge in [0.1, 0.15) is 6.04 Å². The van der Waals surface area contributed by atoms with Gasteiger partial charge in [-0.15, -0.1) is 0 Å². The van der Waals surface area contributed by atoms with Gasteiger partial charge in [0.15, 0.2) is 0 Å². The quantitative estimate of drug-likeness (QED) is 0.905. The summed E-state index contributed by atoms with van der Waals surface area (Å²) in [6.45, 7) is 2.97. The molecule has 4 heteroatoms. The van der Waals surface area contributed by atoms with Crippen molar-refractivity contribution in [3.8, 4) is 0 Å². The Morgan fingerprint density at radius 3 is 2.91 bits per heavy atom. The molecule has 0 radical (unpaired) electrons. The SMILES string of the molecule is CC(CN1C(C(=O)O)CC2CCCCC21)c1cccc(Cl)c1. The van der Waals surface area contributed by atoms with Gasteiger partial charge in [0.05, 0.1) is 0 Å². The van der Waals surface area contributed by atoms with Crippen LogP contribution in [0.2, 0.25) is 5.02 Å². The third-order valence-electron chi connectivity index (χ3n) is 5.41. The average Bonchev–Trinajstić information content (AvgIpc) is 2.86. The summed E-state index contributed by atoms with van der Waals surface area (Å²) in [7, 11) is 0. The maximum Gasteiger partial charge on any atom is 0.320 e. The smallest absolute Gasteiger partial charge is 0.320 e. The summed E-state index contributed by atoms with van der Waals surface area (Å²) in [6.07, 6.45) is 5.65. The molecule has 0 spiro atoms. The third-order valence-corrected chi connectivity index (χ3v) is 5.64. The summed E-state index contributed by atoms with van der Waals surface area (Å²) in [5, 5.41) is 10.3. The van der Waals surface area contributed by atoms with Crippen LogP contribution >= 0.6 is 11.6 Å². The molecule has 1 aliphatic heterocycles. The van der Waals surface area contributed by atoms with Gasteiger partial charge < -0.3 is 5.11 Å². The highest BCUT2D eigenvalue weighted by molar-refractivity contribution is 6.30. The van der Waals surface area contributed by atoms with Gasteiger partial charge in [0.25, 0.3) is 0 Å². The van der Waals surface area contributed by atoms with Crippen molar-refractivity contribution in [2.24, 2.45) is 5.92 Å².